The van der Waals surface area contributed by atoms with Gasteiger partial charge in [0.1, 0.15) is 11.4 Å². The molecule has 1 aromatic rings. The van der Waals surface area contributed by atoms with Crippen LogP contribution in [0.3, 0.4) is 0 Å². The number of nitrogen functional groups attached to an aromatic ring is 1. The number of esters is 1. The summed E-state index contributed by atoms with van der Waals surface area (Å²) in [6.07, 6.45) is 8.88. The van der Waals surface area contributed by atoms with Crippen molar-refractivity contribution in [1.29, 1.82) is 0 Å². The van der Waals surface area contributed by atoms with Crippen molar-refractivity contribution in [2.24, 2.45) is 5.92 Å². The number of hydrogen-bond acceptors (Lipinski definition) is 6. The quantitative estimate of drug-likeness (QED) is 0.499. The van der Waals surface area contributed by atoms with E-state index >= 15 is 0 Å². The van der Waals surface area contributed by atoms with Gasteiger partial charge in [-0.05, 0) is 25.2 Å². The minimum Gasteiger partial charge on any atom is -0.457 e. The zero-order valence-corrected chi connectivity index (χ0v) is 15.9. The van der Waals surface area contributed by atoms with Crippen LogP contribution in [-0.4, -0.2) is 27.9 Å². The summed E-state index contributed by atoms with van der Waals surface area (Å²) < 4.78 is 6.14. The molecule has 1 fully saturated rings. The highest BCUT2D eigenvalue weighted by Gasteiger charge is 2.20. The number of ketones is 1. The van der Waals surface area contributed by atoms with Crippen molar-refractivity contribution in [3.63, 3.8) is 0 Å². The monoisotopic (exact) mass is 379 g/mol. The van der Waals surface area contributed by atoms with E-state index in [2.05, 4.69) is 4.98 Å². The van der Waals surface area contributed by atoms with Gasteiger partial charge in [0.25, 0.3) is 5.56 Å². The fourth-order valence-electron chi connectivity index (χ4n) is 3.60. The molecule has 150 valence electrons. The molecular formula is C19H29N3O5. The lowest BCUT2D eigenvalue weighted by molar-refractivity contribution is -0.142. The number of carbonyl (C=O) groups is 2. The summed E-state index contributed by atoms with van der Waals surface area (Å²) in [5.74, 6) is -0.676. The summed E-state index contributed by atoms with van der Waals surface area (Å²) in [5, 5.41) is 0. The van der Waals surface area contributed by atoms with Crippen LogP contribution in [0.4, 0.5) is 5.82 Å². The highest BCUT2D eigenvalue weighted by molar-refractivity contribution is 6.01. The Morgan fingerprint density at radius 3 is 2.59 bits per heavy atom. The van der Waals surface area contributed by atoms with E-state index in [0.29, 0.717) is 12.3 Å². The van der Waals surface area contributed by atoms with Crippen molar-refractivity contribution < 1.29 is 14.3 Å². The largest absolute Gasteiger partial charge is 0.457 e. The highest BCUT2D eigenvalue weighted by Crippen LogP contribution is 2.27. The van der Waals surface area contributed by atoms with Crippen LogP contribution in [0.1, 0.15) is 75.1 Å². The zero-order valence-electron chi connectivity index (χ0n) is 15.9. The maximum atomic E-state index is 12.3. The molecule has 0 spiro atoms. The Labute approximate surface area is 158 Å². The average molecular weight is 379 g/mol. The molecule has 1 aliphatic carbocycles. The third kappa shape index (κ3) is 5.80. The number of rotatable bonds is 9. The molecule has 0 aliphatic heterocycles. The molecule has 27 heavy (non-hydrogen) atoms. The van der Waals surface area contributed by atoms with Gasteiger partial charge in [0.15, 0.2) is 6.61 Å². The number of aromatic nitrogens is 2. The molecule has 0 atom stereocenters. The highest BCUT2D eigenvalue weighted by atomic mass is 16.5. The van der Waals surface area contributed by atoms with Gasteiger partial charge in [0.05, 0.1) is 0 Å². The second kappa shape index (κ2) is 10.1. The molecule has 1 saturated carbocycles. The van der Waals surface area contributed by atoms with Gasteiger partial charge < -0.3 is 10.5 Å². The lowest BCUT2D eigenvalue weighted by Crippen LogP contribution is -2.37. The Balaban J connectivity index is 1.87. The van der Waals surface area contributed by atoms with Crippen LogP contribution >= 0.6 is 0 Å². The third-order valence-electron chi connectivity index (χ3n) is 5.05. The second-order valence-corrected chi connectivity index (χ2v) is 7.15. The predicted molar refractivity (Wildman–Crippen MR) is 102 cm³/mol. The number of Topliss-reactive ketones (excluding diaryl/α,β-unsaturated/α-hetero) is 1. The Morgan fingerprint density at radius 2 is 1.93 bits per heavy atom. The molecule has 0 bridgehead atoms. The minimum absolute atomic E-state index is 0.191. The fourth-order valence-corrected chi connectivity index (χ4v) is 3.60. The van der Waals surface area contributed by atoms with E-state index in [1.165, 1.54) is 32.1 Å². The number of hydrogen-bond donors (Lipinski definition) is 2. The van der Waals surface area contributed by atoms with Gasteiger partial charge in [-0.1, -0.05) is 39.0 Å². The van der Waals surface area contributed by atoms with E-state index in [9.17, 15) is 19.2 Å². The molecule has 8 heteroatoms. The van der Waals surface area contributed by atoms with Crippen molar-refractivity contribution in [3.8, 4) is 0 Å². The van der Waals surface area contributed by atoms with E-state index in [-0.39, 0.29) is 24.3 Å². The molecule has 2 rings (SSSR count). The third-order valence-corrected chi connectivity index (χ3v) is 5.05. The number of nitrogens with zero attached hydrogens (tertiary/aromatic N) is 1. The van der Waals surface area contributed by atoms with Crippen molar-refractivity contribution in [2.45, 2.75) is 71.3 Å². The van der Waals surface area contributed by atoms with Crippen molar-refractivity contribution >= 4 is 17.6 Å². The number of aromatic amines is 1. The number of nitrogens with one attached hydrogen (secondary N) is 1. The molecule has 1 heterocycles. The topological polar surface area (TPSA) is 124 Å². The fraction of sp³-hybridized carbons (Fsp3) is 0.684. The summed E-state index contributed by atoms with van der Waals surface area (Å²) in [6, 6.07) is 0. The molecule has 1 aromatic heterocycles. The molecule has 8 nitrogen and oxygen atoms in total. The van der Waals surface area contributed by atoms with Crippen molar-refractivity contribution in [2.75, 3.05) is 12.3 Å². The Hall–Kier alpha value is -2.38. The number of H-pyrrole nitrogens is 1. The van der Waals surface area contributed by atoms with E-state index in [1.54, 1.807) is 0 Å². The molecule has 0 aromatic carbocycles. The van der Waals surface area contributed by atoms with Gasteiger partial charge in [-0.15, -0.1) is 0 Å². The smallest absolute Gasteiger partial charge is 0.329 e. The summed E-state index contributed by atoms with van der Waals surface area (Å²) in [4.78, 5) is 49.9. The van der Waals surface area contributed by atoms with Gasteiger partial charge in [-0.3, -0.25) is 23.9 Å². The summed E-state index contributed by atoms with van der Waals surface area (Å²) in [7, 11) is 0. The number of anilines is 1. The Morgan fingerprint density at radius 1 is 1.22 bits per heavy atom. The average Bonchev–Trinajstić information content (AvgIpc) is 2.64. The first-order valence-electron chi connectivity index (χ1n) is 9.75. The number of ether oxygens (including phenoxy) is 1. The maximum Gasteiger partial charge on any atom is 0.329 e. The van der Waals surface area contributed by atoms with Crippen LogP contribution in [0, 0.1) is 5.92 Å². The minimum atomic E-state index is -0.858. The van der Waals surface area contributed by atoms with Gasteiger partial charge in [0.2, 0.25) is 5.78 Å². The second-order valence-electron chi connectivity index (χ2n) is 7.15. The van der Waals surface area contributed by atoms with Crippen LogP contribution < -0.4 is 17.0 Å². The Kier molecular flexibility index (Phi) is 7.82. The maximum absolute atomic E-state index is 12.3. The molecule has 0 saturated heterocycles. The van der Waals surface area contributed by atoms with Crippen molar-refractivity contribution in [1.82, 2.24) is 9.55 Å². The van der Waals surface area contributed by atoms with Gasteiger partial charge >= 0.3 is 11.7 Å². The molecule has 3 N–H and O–H groups in total. The predicted octanol–water partition coefficient (Wildman–Crippen LogP) is 2.01. The zero-order chi connectivity index (χ0) is 19.8. The molecule has 0 radical (unpaired) electrons. The van der Waals surface area contributed by atoms with Crippen molar-refractivity contribution in [3.05, 3.63) is 26.4 Å². The standard InChI is InChI=1S/C19H29N3O5/c1-2-11-22-17(20)16(18(25)21-19(22)26)14(23)12-27-15(24)10-6-9-13-7-4-3-5-8-13/h13H,2-12,20H2,1H3,(H,21,25,26). The van der Waals surface area contributed by atoms with E-state index < -0.39 is 29.6 Å². The number of nitrogens with two attached hydrogens (primary N) is 1. The first-order valence-corrected chi connectivity index (χ1v) is 9.75. The van der Waals surface area contributed by atoms with E-state index in [1.807, 2.05) is 6.92 Å². The summed E-state index contributed by atoms with van der Waals surface area (Å²) in [6.45, 7) is 1.57. The Bertz CT molecular complexity index is 775. The molecular weight excluding hydrogens is 350 g/mol. The lowest BCUT2D eigenvalue weighted by atomic mass is 9.86. The first kappa shape index (κ1) is 20.9. The normalized spacial score (nSPS) is 14.9. The van der Waals surface area contributed by atoms with Crippen LogP contribution in [0.25, 0.3) is 0 Å². The van der Waals surface area contributed by atoms with Gasteiger partial charge in [-0.2, -0.15) is 0 Å². The summed E-state index contributed by atoms with van der Waals surface area (Å²) in [5.41, 5.74) is 3.97. The van der Waals surface area contributed by atoms with E-state index in [4.69, 9.17) is 10.5 Å². The van der Waals surface area contributed by atoms with E-state index in [0.717, 1.165) is 17.4 Å². The van der Waals surface area contributed by atoms with Crippen LogP contribution in [-0.2, 0) is 16.1 Å². The molecule has 1 aliphatic rings. The number of carbonyl (C=O) groups excluding carboxylic acids is 2. The van der Waals surface area contributed by atoms with Crippen LogP contribution in [0.2, 0.25) is 0 Å². The SMILES string of the molecule is CCCn1c(N)c(C(=O)COC(=O)CCCC2CCCCC2)c(=O)[nH]c1=O. The summed E-state index contributed by atoms with van der Waals surface area (Å²) >= 11 is 0. The first-order chi connectivity index (χ1) is 12.9. The van der Waals surface area contributed by atoms with Crippen LogP contribution in [0.15, 0.2) is 9.59 Å². The van der Waals surface area contributed by atoms with Crippen LogP contribution in [0.5, 0.6) is 0 Å². The molecule has 0 amide bonds. The lowest BCUT2D eigenvalue weighted by Gasteiger charge is -2.20. The van der Waals surface area contributed by atoms with Gasteiger partial charge in [0, 0.05) is 13.0 Å². The molecule has 0 unspecified atom stereocenters. The van der Waals surface area contributed by atoms with Gasteiger partial charge in [-0.25, -0.2) is 4.79 Å².